The second-order valence-corrected chi connectivity index (χ2v) is 15.3. The Morgan fingerprint density at radius 2 is 2.00 bits per heavy atom. The monoisotopic (exact) mass is 704 g/mol. The lowest BCUT2D eigenvalue weighted by atomic mass is 9.95. The van der Waals surface area contributed by atoms with Crippen molar-refractivity contribution in [3.63, 3.8) is 0 Å². The van der Waals surface area contributed by atoms with Crippen LogP contribution in [0.3, 0.4) is 0 Å². The van der Waals surface area contributed by atoms with Crippen LogP contribution in [0.2, 0.25) is 0 Å². The number of nitrogens with two attached hydrogens (primary N) is 1. The van der Waals surface area contributed by atoms with Gasteiger partial charge in [0, 0.05) is 62.1 Å². The number of hydrogen-bond donors (Lipinski definition) is 2. The number of anilines is 1. The number of rotatable bonds is 8. The van der Waals surface area contributed by atoms with Gasteiger partial charge in [0.1, 0.15) is 53.0 Å². The number of alkyl halides is 1. The molecule has 4 aliphatic heterocycles. The number of fused-ring (bicyclic) bond motifs is 3. The zero-order valence-corrected chi connectivity index (χ0v) is 27.9. The zero-order chi connectivity index (χ0) is 34.3. The molecule has 260 valence electrons. The number of aromatic nitrogens is 3. The number of nitrogen functional groups attached to an aromatic ring is 1. The number of ether oxygens (including phenoxy) is 2. The molecule has 0 spiro atoms. The van der Waals surface area contributed by atoms with E-state index in [2.05, 4.69) is 25.2 Å². The van der Waals surface area contributed by atoms with Gasteiger partial charge in [-0.25, -0.2) is 13.2 Å². The first kappa shape index (κ1) is 31.7. The van der Waals surface area contributed by atoms with Crippen LogP contribution < -0.4 is 20.5 Å². The van der Waals surface area contributed by atoms with Gasteiger partial charge in [0.2, 0.25) is 11.8 Å². The number of benzene rings is 1. The van der Waals surface area contributed by atoms with Crippen molar-refractivity contribution in [3.05, 3.63) is 35.5 Å². The van der Waals surface area contributed by atoms with Crippen molar-refractivity contribution in [1.82, 2.24) is 30.1 Å². The highest BCUT2D eigenvalue weighted by Crippen LogP contribution is 2.44. The maximum atomic E-state index is 16.7. The molecule has 5 aliphatic rings. The Kier molecular flexibility index (Phi) is 7.56. The van der Waals surface area contributed by atoms with Gasteiger partial charge in [0.15, 0.2) is 5.82 Å². The minimum absolute atomic E-state index is 0.0463. The first-order valence-electron chi connectivity index (χ1n) is 17.2. The number of pyridine rings is 1. The standard InChI is InChI=1S/C35H35F3N8O3S/c36-18-12-35(8-1-9-46(35)15-18)16-48-34-43-28-22(14-41-27(25(28)38)20-4-5-23(37)30-24(20)21(13-39)31(40)50-30)32(44-34)49-19-6-10-45(11-7-19)33(47)29-26(42-29)17-2-3-17/h4-5,14,17-19,26,29,42H,1-3,6-12,15-16,40H2/t18-,26+,29-,35+/m1/s1. The third-order valence-electron chi connectivity index (χ3n) is 11.1. The third-order valence-corrected chi connectivity index (χ3v) is 12.1. The maximum absolute atomic E-state index is 16.7. The number of nitriles is 1. The molecule has 1 amide bonds. The summed E-state index contributed by atoms with van der Waals surface area (Å²) >= 11 is 0.915. The topological polar surface area (TPSA) is 152 Å². The summed E-state index contributed by atoms with van der Waals surface area (Å²) in [5, 5.41) is 13.7. The van der Waals surface area contributed by atoms with Gasteiger partial charge in [-0.1, -0.05) is 0 Å². The fraction of sp³-hybridized carbons (Fsp3) is 0.514. The van der Waals surface area contributed by atoms with E-state index in [1.54, 1.807) is 0 Å². The number of carbonyl (C=O) groups is 1. The fourth-order valence-electron chi connectivity index (χ4n) is 8.29. The molecule has 0 radical (unpaired) electrons. The van der Waals surface area contributed by atoms with Crippen molar-refractivity contribution in [2.75, 3.05) is 38.5 Å². The van der Waals surface area contributed by atoms with Crippen LogP contribution in [0.15, 0.2) is 18.3 Å². The average Bonchev–Trinajstić information content (AvgIpc) is 4.01. The second-order valence-electron chi connectivity index (χ2n) is 14.3. The van der Waals surface area contributed by atoms with Crippen LogP contribution in [0, 0.1) is 28.9 Å². The molecule has 3 aromatic heterocycles. The molecule has 4 aromatic rings. The first-order chi connectivity index (χ1) is 24.2. The van der Waals surface area contributed by atoms with Crippen molar-refractivity contribution in [2.45, 2.75) is 74.8 Å². The molecule has 5 fully saturated rings. The molecule has 1 aromatic carbocycles. The molecule has 1 saturated carbocycles. The van der Waals surface area contributed by atoms with Gasteiger partial charge in [-0.05, 0) is 50.3 Å². The number of carbonyl (C=O) groups excluding carboxylic acids is 1. The number of nitrogens with zero attached hydrogens (tertiary/aromatic N) is 6. The summed E-state index contributed by atoms with van der Waals surface area (Å²) in [6.07, 6.45) is 5.66. The number of amides is 1. The molecule has 50 heavy (non-hydrogen) atoms. The van der Waals surface area contributed by atoms with Gasteiger partial charge >= 0.3 is 6.01 Å². The smallest absolute Gasteiger partial charge is 0.320 e. The third kappa shape index (κ3) is 5.30. The van der Waals surface area contributed by atoms with Gasteiger partial charge in [-0.3, -0.25) is 20.0 Å². The number of thiophene rings is 1. The minimum atomic E-state index is -0.952. The quantitative estimate of drug-likeness (QED) is 0.247. The molecule has 0 unspecified atom stereocenters. The number of piperidine rings is 1. The largest absolute Gasteiger partial charge is 0.474 e. The van der Waals surface area contributed by atoms with Crippen molar-refractivity contribution in [2.24, 2.45) is 5.92 Å². The normalized spacial score (nSPS) is 26.8. The van der Waals surface area contributed by atoms with Crippen LogP contribution >= 0.6 is 11.3 Å². The lowest BCUT2D eigenvalue weighted by Gasteiger charge is -2.32. The average molecular weight is 705 g/mol. The summed E-state index contributed by atoms with van der Waals surface area (Å²) in [6, 6.07) is 4.68. The van der Waals surface area contributed by atoms with Gasteiger partial charge in [-0.2, -0.15) is 15.2 Å². The SMILES string of the molecule is N#Cc1c(N)sc2c(F)ccc(-c3ncc4c(OC5CCN(C(=O)[C@@H]6N[C@H]6C6CC6)CC5)nc(OC[C@@]56CCCN5C[C@H](F)C6)nc4c3F)c12. The lowest BCUT2D eigenvalue weighted by molar-refractivity contribution is -0.132. The number of hydrogen-bond acceptors (Lipinski definition) is 11. The first-order valence-corrected chi connectivity index (χ1v) is 18.1. The number of likely N-dealkylation sites (tertiary alicyclic amines) is 1. The molecule has 4 atom stereocenters. The van der Waals surface area contributed by atoms with Gasteiger partial charge in [0.05, 0.1) is 21.2 Å². The van der Waals surface area contributed by atoms with Crippen LogP contribution in [-0.4, -0.2) is 93.3 Å². The predicted octanol–water partition coefficient (Wildman–Crippen LogP) is 4.71. The van der Waals surface area contributed by atoms with Crippen LogP contribution in [0.5, 0.6) is 11.9 Å². The molecule has 7 heterocycles. The summed E-state index contributed by atoms with van der Waals surface area (Å²) in [7, 11) is 0. The molecular formula is C35H35F3N8O3S. The molecule has 9 rings (SSSR count). The molecule has 15 heteroatoms. The van der Waals surface area contributed by atoms with Crippen molar-refractivity contribution >= 4 is 43.2 Å². The van der Waals surface area contributed by atoms with E-state index in [0.29, 0.717) is 50.9 Å². The Hall–Kier alpha value is -4.26. The zero-order valence-electron chi connectivity index (χ0n) is 27.1. The second kappa shape index (κ2) is 11.9. The number of halogens is 3. The fourth-order valence-corrected chi connectivity index (χ4v) is 9.24. The number of nitrogens with one attached hydrogen (secondary N) is 1. The van der Waals surface area contributed by atoms with E-state index in [-0.39, 0.29) is 79.4 Å². The van der Waals surface area contributed by atoms with Gasteiger partial charge < -0.3 is 20.1 Å². The minimum Gasteiger partial charge on any atom is -0.474 e. The highest BCUT2D eigenvalue weighted by molar-refractivity contribution is 7.23. The summed E-state index contributed by atoms with van der Waals surface area (Å²) in [5.41, 5.74) is 5.53. The van der Waals surface area contributed by atoms with Gasteiger partial charge in [0.25, 0.3) is 0 Å². The molecule has 0 bridgehead atoms. The van der Waals surface area contributed by atoms with Crippen LogP contribution in [0.4, 0.5) is 18.2 Å². The highest BCUT2D eigenvalue weighted by Gasteiger charge is 2.52. The Morgan fingerprint density at radius 3 is 2.78 bits per heavy atom. The van der Waals surface area contributed by atoms with Crippen LogP contribution in [0.25, 0.3) is 32.2 Å². The van der Waals surface area contributed by atoms with Crippen molar-refractivity contribution in [3.8, 4) is 29.2 Å². The molecule has 1 aliphatic carbocycles. The Morgan fingerprint density at radius 1 is 1.18 bits per heavy atom. The summed E-state index contributed by atoms with van der Waals surface area (Å²) in [5.74, 6) is -0.566. The van der Waals surface area contributed by atoms with E-state index in [1.807, 2.05) is 11.0 Å². The molecule has 4 saturated heterocycles. The van der Waals surface area contributed by atoms with E-state index < -0.39 is 23.3 Å². The summed E-state index contributed by atoms with van der Waals surface area (Å²) in [6.45, 7) is 2.31. The van der Waals surface area contributed by atoms with E-state index in [9.17, 15) is 18.8 Å². The van der Waals surface area contributed by atoms with E-state index >= 15 is 4.39 Å². The van der Waals surface area contributed by atoms with Gasteiger partial charge in [-0.15, -0.1) is 11.3 Å². The molecule has 3 N–H and O–H groups in total. The molecule has 11 nitrogen and oxygen atoms in total. The Balaban J connectivity index is 1.04. The van der Waals surface area contributed by atoms with Crippen molar-refractivity contribution < 1.29 is 27.4 Å². The van der Waals surface area contributed by atoms with E-state index in [4.69, 9.17) is 15.2 Å². The lowest BCUT2D eigenvalue weighted by Crippen LogP contribution is -2.44. The Labute approximate surface area is 289 Å². The van der Waals surface area contributed by atoms with Crippen LogP contribution in [-0.2, 0) is 4.79 Å². The maximum Gasteiger partial charge on any atom is 0.320 e. The van der Waals surface area contributed by atoms with Crippen molar-refractivity contribution in [1.29, 1.82) is 5.26 Å². The van der Waals surface area contributed by atoms with Crippen LogP contribution in [0.1, 0.15) is 50.5 Å². The highest BCUT2D eigenvalue weighted by atomic mass is 32.1. The predicted molar refractivity (Wildman–Crippen MR) is 179 cm³/mol. The molecular weight excluding hydrogens is 669 g/mol. The van der Waals surface area contributed by atoms with E-state index in [1.165, 1.54) is 31.2 Å². The summed E-state index contributed by atoms with van der Waals surface area (Å²) < 4.78 is 58.7. The Bertz CT molecular complexity index is 2080. The summed E-state index contributed by atoms with van der Waals surface area (Å²) in [4.78, 5) is 30.5. The van der Waals surface area contributed by atoms with E-state index in [0.717, 1.165) is 30.7 Å².